The summed E-state index contributed by atoms with van der Waals surface area (Å²) < 4.78 is 0. The molecule has 1 N–H and O–H groups in total. The predicted octanol–water partition coefficient (Wildman–Crippen LogP) is 4.03. The molecule has 1 atom stereocenters. The Morgan fingerprint density at radius 3 is 1.92 bits per heavy atom. The van der Waals surface area contributed by atoms with Crippen LogP contribution in [0.2, 0.25) is 0 Å². The zero-order chi connectivity index (χ0) is 17.1. The number of piperidine rings is 1. The highest BCUT2D eigenvalue weighted by molar-refractivity contribution is 5.85. The fraction of sp³-hybridized carbons (Fsp3) is 0.409. The third-order valence-electron chi connectivity index (χ3n) is 5.83. The number of benzene rings is 2. The maximum atomic E-state index is 13.3. The van der Waals surface area contributed by atoms with Gasteiger partial charge in [-0.05, 0) is 48.9 Å². The first-order valence-corrected chi connectivity index (χ1v) is 9.34. The number of hydrogen-bond acceptors (Lipinski definition) is 2. The smallest absolute Gasteiger partial charge is 0.226 e. The Hall–Kier alpha value is -1.84. The molecule has 1 spiro atoms. The number of carbonyl (C=O) groups excluding carboxylic acids is 1. The number of nitrogens with zero attached hydrogens (tertiary/aromatic N) is 1. The van der Waals surface area contributed by atoms with Crippen LogP contribution in [0.25, 0.3) is 0 Å². The lowest BCUT2D eigenvalue weighted by Gasteiger charge is -2.27. The summed E-state index contributed by atoms with van der Waals surface area (Å²) in [5.41, 5.74) is 2.69. The molecule has 1 heterocycles. The number of carbonyl (C=O) groups is 1. The SMILES string of the molecule is Cl.O=C(C1CC12CCNCC2)N(Cc1ccccc1)Cc1ccccc1. The van der Waals surface area contributed by atoms with Crippen molar-refractivity contribution in [2.24, 2.45) is 11.3 Å². The van der Waals surface area contributed by atoms with E-state index in [0.29, 0.717) is 19.0 Å². The maximum absolute atomic E-state index is 13.3. The van der Waals surface area contributed by atoms with Gasteiger partial charge in [0.2, 0.25) is 5.91 Å². The molecule has 2 fully saturated rings. The van der Waals surface area contributed by atoms with E-state index in [9.17, 15) is 4.79 Å². The van der Waals surface area contributed by atoms with Gasteiger partial charge in [0.05, 0.1) is 0 Å². The number of amides is 1. The van der Waals surface area contributed by atoms with Gasteiger partial charge in [-0.25, -0.2) is 0 Å². The summed E-state index contributed by atoms with van der Waals surface area (Å²) >= 11 is 0. The van der Waals surface area contributed by atoms with Gasteiger partial charge >= 0.3 is 0 Å². The minimum Gasteiger partial charge on any atom is -0.334 e. The van der Waals surface area contributed by atoms with E-state index in [1.807, 2.05) is 36.4 Å². The van der Waals surface area contributed by atoms with E-state index in [0.717, 1.165) is 32.4 Å². The molecule has 0 radical (unpaired) electrons. The lowest BCUT2D eigenvalue weighted by Crippen LogP contribution is -2.36. The lowest BCUT2D eigenvalue weighted by molar-refractivity contribution is -0.135. The van der Waals surface area contributed by atoms with Crippen molar-refractivity contribution in [2.75, 3.05) is 13.1 Å². The van der Waals surface area contributed by atoms with Gasteiger partial charge in [0.15, 0.2) is 0 Å². The van der Waals surface area contributed by atoms with Gasteiger partial charge in [0.1, 0.15) is 0 Å². The minimum absolute atomic E-state index is 0. The standard InChI is InChI=1S/C22H26N2O.ClH/c25-21(20-15-22(20)11-13-23-14-12-22)24(16-18-7-3-1-4-8-18)17-19-9-5-2-6-10-19;/h1-10,20,23H,11-17H2;1H. The van der Waals surface area contributed by atoms with Crippen LogP contribution in [0.5, 0.6) is 0 Å². The number of halogens is 1. The molecule has 138 valence electrons. The van der Waals surface area contributed by atoms with Crippen LogP contribution in [0.1, 0.15) is 30.4 Å². The Bertz CT molecular complexity index is 672. The van der Waals surface area contributed by atoms with Gasteiger partial charge in [-0.2, -0.15) is 0 Å². The number of hydrogen-bond donors (Lipinski definition) is 1. The molecular formula is C22H27ClN2O. The Labute approximate surface area is 162 Å². The number of rotatable bonds is 5. The molecule has 2 aromatic carbocycles. The van der Waals surface area contributed by atoms with Crippen molar-refractivity contribution in [3.8, 4) is 0 Å². The molecule has 1 unspecified atom stereocenters. The fourth-order valence-electron chi connectivity index (χ4n) is 4.21. The summed E-state index contributed by atoms with van der Waals surface area (Å²) in [5.74, 6) is 0.566. The molecule has 0 aromatic heterocycles. The average Bonchev–Trinajstić information content (AvgIpc) is 3.35. The maximum Gasteiger partial charge on any atom is 0.226 e. The summed E-state index contributed by atoms with van der Waals surface area (Å²) in [6, 6.07) is 20.7. The molecule has 1 saturated heterocycles. The molecule has 1 aliphatic carbocycles. The van der Waals surface area contributed by atoms with Crippen molar-refractivity contribution in [3.05, 3.63) is 71.8 Å². The average molecular weight is 371 g/mol. The monoisotopic (exact) mass is 370 g/mol. The van der Waals surface area contributed by atoms with Crippen LogP contribution in [0, 0.1) is 11.3 Å². The van der Waals surface area contributed by atoms with Crippen LogP contribution in [-0.4, -0.2) is 23.9 Å². The Morgan fingerprint density at radius 1 is 0.923 bits per heavy atom. The first-order chi connectivity index (χ1) is 12.3. The van der Waals surface area contributed by atoms with Gasteiger partial charge in [0.25, 0.3) is 0 Å². The Morgan fingerprint density at radius 2 is 1.42 bits per heavy atom. The van der Waals surface area contributed by atoms with Crippen molar-refractivity contribution in [1.29, 1.82) is 0 Å². The van der Waals surface area contributed by atoms with E-state index in [-0.39, 0.29) is 23.7 Å². The molecule has 2 aromatic rings. The topological polar surface area (TPSA) is 32.3 Å². The molecule has 26 heavy (non-hydrogen) atoms. The third kappa shape index (κ3) is 4.11. The molecule has 1 amide bonds. The second-order valence-electron chi connectivity index (χ2n) is 7.53. The predicted molar refractivity (Wildman–Crippen MR) is 107 cm³/mol. The summed E-state index contributed by atoms with van der Waals surface area (Å²) in [4.78, 5) is 15.4. The van der Waals surface area contributed by atoms with Crippen LogP contribution >= 0.6 is 12.4 Å². The van der Waals surface area contributed by atoms with Crippen molar-refractivity contribution in [1.82, 2.24) is 10.2 Å². The zero-order valence-electron chi connectivity index (χ0n) is 15.1. The van der Waals surface area contributed by atoms with Gasteiger partial charge in [-0.3, -0.25) is 4.79 Å². The molecule has 1 aliphatic heterocycles. The van der Waals surface area contributed by atoms with Crippen LogP contribution in [0.4, 0.5) is 0 Å². The Kier molecular flexibility index (Phi) is 6.00. The number of nitrogens with one attached hydrogen (secondary N) is 1. The van der Waals surface area contributed by atoms with Gasteiger partial charge in [0, 0.05) is 19.0 Å². The summed E-state index contributed by atoms with van der Waals surface area (Å²) in [7, 11) is 0. The lowest BCUT2D eigenvalue weighted by atomic mass is 9.91. The molecular weight excluding hydrogens is 344 g/mol. The summed E-state index contributed by atoms with van der Waals surface area (Å²) in [6.45, 7) is 3.50. The highest BCUT2D eigenvalue weighted by Gasteiger charge is 2.58. The van der Waals surface area contributed by atoms with Gasteiger partial charge < -0.3 is 10.2 Å². The quantitative estimate of drug-likeness (QED) is 0.861. The molecule has 4 heteroatoms. The third-order valence-corrected chi connectivity index (χ3v) is 5.83. The molecule has 4 rings (SSSR count). The van der Waals surface area contributed by atoms with Gasteiger partial charge in [-0.1, -0.05) is 60.7 Å². The fourth-order valence-corrected chi connectivity index (χ4v) is 4.21. The summed E-state index contributed by atoms with van der Waals surface area (Å²) in [6.07, 6.45) is 3.37. The Balaban J connectivity index is 0.00000196. The summed E-state index contributed by atoms with van der Waals surface area (Å²) in [5, 5.41) is 3.42. The molecule has 1 saturated carbocycles. The molecule has 2 aliphatic rings. The van der Waals surface area contributed by atoms with E-state index in [1.165, 1.54) is 11.1 Å². The van der Waals surface area contributed by atoms with Crippen LogP contribution in [0.3, 0.4) is 0 Å². The highest BCUT2D eigenvalue weighted by Crippen LogP contribution is 2.59. The van der Waals surface area contributed by atoms with Crippen LogP contribution < -0.4 is 5.32 Å². The van der Waals surface area contributed by atoms with E-state index >= 15 is 0 Å². The van der Waals surface area contributed by atoms with Crippen molar-refractivity contribution in [3.63, 3.8) is 0 Å². The first-order valence-electron chi connectivity index (χ1n) is 9.34. The van der Waals surface area contributed by atoms with Crippen molar-refractivity contribution < 1.29 is 4.79 Å². The normalized spacial score (nSPS) is 20.2. The van der Waals surface area contributed by atoms with Crippen LogP contribution in [0.15, 0.2) is 60.7 Å². The first kappa shape index (κ1) is 18.9. The second kappa shape index (κ2) is 8.24. The second-order valence-corrected chi connectivity index (χ2v) is 7.53. The van der Waals surface area contributed by atoms with Gasteiger partial charge in [-0.15, -0.1) is 12.4 Å². The van der Waals surface area contributed by atoms with Crippen LogP contribution in [-0.2, 0) is 17.9 Å². The van der Waals surface area contributed by atoms with E-state index in [1.54, 1.807) is 0 Å². The van der Waals surface area contributed by atoms with E-state index < -0.39 is 0 Å². The van der Waals surface area contributed by atoms with Crippen molar-refractivity contribution >= 4 is 18.3 Å². The minimum atomic E-state index is 0. The largest absolute Gasteiger partial charge is 0.334 e. The van der Waals surface area contributed by atoms with Crippen molar-refractivity contribution in [2.45, 2.75) is 32.4 Å². The molecule has 3 nitrogen and oxygen atoms in total. The zero-order valence-corrected chi connectivity index (χ0v) is 15.9. The van der Waals surface area contributed by atoms with E-state index in [2.05, 4.69) is 34.5 Å². The molecule has 0 bridgehead atoms. The highest BCUT2D eigenvalue weighted by atomic mass is 35.5. The van der Waals surface area contributed by atoms with E-state index in [4.69, 9.17) is 0 Å².